The second-order valence-corrected chi connectivity index (χ2v) is 5.60. The van der Waals surface area contributed by atoms with Crippen molar-refractivity contribution in [1.82, 2.24) is 5.32 Å². The van der Waals surface area contributed by atoms with Crippen LogP contribution < -0.4 is 16.0 Å². The standard InChI is InChI=1S/C15H21N3O3/c1-10-4-5-12(17-11(2)19)6-13(10)18-14(20)7-21-15(3)8-16-9-15/h4-6,16H,7-9H2,1-3H3,(H,17,19)(H,18,20). The topological polar surface area (TPSA) is 79.5 Å². The summed E-state index contributed by atoms with van der Waals surface area (Å²) in [5.41, 5.74) is 2.00. The number of carbonyl (C=O) groups excluding carboxylic acids is 2. The minimum atomic E-state index is -0.246. The van der Waals surface area contributed by atoms with Crippen LogP contribution in [0.15, 0.2) is 18.2 Å². The molecule has 0 saturated carbocycles. The molecule has 3 N–H and O–H groups in total. The number of amides is 2. The second kappa shape index (κ2) is 6.24. The molecule has 0 aliphatic carbocycles. The molecule has 114 valence electrons. The highest BCUT2D eigenvalue weighted by molar-refractivity contribution is 5.94. The van der Waals surface area contributed by atoms with E-state index in [0.717, 1.165) is 18.7 Å². The summed E-state index contributed by atoms with van der Waals surface area (Å²) in [6.45, 7) is 6.85. The van der Waals surface area contributed by atoms with E-state index in [1.54, 1.807) is 12.1 Å². The van der Waals surface area contributed by atoms with Gasteiger partial charge in [-0.1, -0.05) is 6.07 Å². The molecule has 0 bridgehead atoms. The zero-order valence-electron chi connectivity index (χ0n) is 12.6. The molecule has 0 unspecified atom stereocenters. The molecule has 0 spiro atoms. The highest BCUT2D eigenvalue weighted by atomic mass is 16.5. The molecule has 1 heterocycles. The fraction of sp³-hybridized carbons (Fsp3) is 0.467. The average Bonchev–Trinajstić information content (AvgIpc) is 2.37. The monoisotopic (exact) mass is 291 g/mol. The maximum atomic E-state index is 11.9. The van der Waals surface area contributed by atoms with Gasteiger partial charge in [0.15, 0.2) is 0 Å². The van der Waals surface area contributed by atoms with Gasteiger partial charge in [-0.2, -0.15) is 0 Å². The van der Waals surface area contributed by atoms with E-state index in [1.165, 1.54) is 6.92 Å². The van der Waals surface area contributed by atoms with E-state index in [2.05, 4.69) is 16.0 Å². The van der Waals surface area contributed by atoms with E-state index in [1.807, 2.05) is 19.9 Å². The Balaban J connectivity index is 1.94. The molecule has 0 atom stereocenters. The summed E-state index contributed by atoms with van der Waals surface area (Å²) in [6.07, 6.45) is 0. The van der Waals surface area contributed by atoms with Crippen LogP contribution >= 0.6 is 0 Å². The second-order valence-electron chi connectivity index (χ2n) is 5.60. The van der Waals surface area contributed by atoms with Crippen molar-refractivity contribution in [1.29, 1.82) is 0 Å². The van der Waals surface area contributed by atoms with Crippen LogP contribution in [0.4, 0.5) is 11.4 Å². The molecular weight excluding hydrogens is 270 g/mol. The van der Waals surface area contributed by atoms with Crippen LogP contribution in [0.25, 0.3) is 0 Å². The molecule has 1 aromatic carbocycles. The fourth-order valence-electron chi connectivity index (χ4n) is 2.04. The van der Waals surface area contributed by atoms with Gasteiger partial charge in [-0.15, -0.1) is 0 Å². The van der Waals surface area contributed by atoms with Gasteiger partial charge in [0.1, 0.15) is 6.61 Å². The van der Waals surface area contributed by atoms with Crippen LogP contribution in [-0.4, -0.2) is 37.1 Å². The number of rotatable bonds is 5. The lowest BCUT2D eigenvalue weighted by Crippen LogP contribution is -2.59. The van der Waals surface area contributed by atoms with Gasteiger partial charge in [0.25, 0.3) is 0 Å². The molecule has 0 aromatic heterocycles. The molecule has 1 aromatic rings. The van der Waals surface area contributed by atoms with E-state index < -0.39 is 0 Å². The van der Waals surface area contributed by atoms with Crippen molar-refractivity contribution >= 4 is 23.2 Å². The minimum absolute atomic E-state index is 0.0159. The molecule has 1 aliphatic rings. The summed E-state index contributed by atoms with van der Waals surface area (Å²) in [5.74, 6) is -0.351. The molecule has 2 amide bonds. The molecule has 1 aliphatic heterocycles. The van der Waals surface area contributed by atoms with Crippen LogP contribution in [-0.2, 0) is 14.3 Å². The van der Waals surface area contributed by atoms with E-state index in [-0.39, 0.29) is 24.0 Å². The van der Waals surface area contributed by atoms with E-state index in [0.29, 0.717) is 11.4 Å². The number of nitrogens with one attached hydrogen (secondary N) is 3. The van der Waals surface area contributed by atoms with Crippen molar-refractivity contribution in [2.24, 2.45) is 0 Å². The van der Waals surface area contributed by atoms with Gasteiger partial charge in [0.05, 0.1) is 5.60 Å². The van der Waals surface area contributed by atoms with Gasteiger partial charge in [-0.25, -0.2) is 0 Å². The summed E-state index contributed by atoms with van der Waals surface area (Å²) >= 11 is 0. The summed E-state index contributed by atoms with van der Waals surface area (Å²) in [4.78, 5) is 23.0. The summed E-state index contributed by atoms with van der Waals surface area (Å²) in [6, 6.07) is 5.38. The van der Waals surface area contributed by atoms with Crippen molar-refractivity contribution in [2.45, 2.75) is 26.4 Å². The Morgan fingerprint density at radius 2 is 2.05 bits per heavy atom. The van der Waals surface area contributed by atoms with Crippen molar-refractivity contribution in [3.8, 4) is 0 Å². The zero-order chi connectivity index (χ0) is 15.5. The molecule has 1 saturated heterocycles. The molecule has 6 heteroatoms. The number of hydrogen-bond donors (Lipinski definition) is 3. The van der Waals surface area contributed by atoms with Crippen molar-refractivity contribution in [2.75, 3.05) is 30.3 Å². The third kappa shape index (κ3) is 4.27. The van der Waals surface area contributed by atoms with Crippen LogP contribution in [0.2, 0.25) is 0 Å². The van der Waals surface area contributed by atoms with E-state index >= 15 is 0 Å². The third-order valence-electron chi connectivity index (χ3n) is 3.38. The maximum Gasteiger partial charge on any atom is 0.250 e. The molecule has 6 nitrogen and oxygen atoms in total. The van der Waals surface area contributed by atoms with Gasteiger partial charge in [-0.3, -0.25) is 9.59 Å². The molecular formula is C15H21N3O3. The highest BCUT2D eigenvalue weighted by Crippen LogP contribution is 2.21. The first-order valence-electron chi connectivity index (χ1n) is 6.91. The Kier molecular flexibility index (Phi) is 4.59. The van der Waals surface area contributed by atoms with Gasteiger partial charge in [-0.05, 0) is 31.5 Å². The normalized spacial score (nSPS) is 16.0. The largest absolute Gasteiger partial charge is 0.363 e. The van der Waals surface area contributed by atoms with Gasteiger partial charge >= 0.3 is 0 Å². The molecule has 2 rings (SSSR count). The number of anilines is 2. The van der Waals surface area contributed by atoms with Crippen LogP contribution in [0.3, 0.4) is 0 Å². The maximum absolute atomic E-state index is 11.9. The predicted octanol–water partition coefficient (Wildman–Crippen LogP) is 1.27. The number of carbonyl (C=O) groups is 2. The van der Waals surface area contributed by atoms with Crippen LogP contribution in [0.5, 0.6) is 0 Å². The first-order valence-corrected chi connectivity index (χ1v) is 6.91. The Morgan fingerprint density at radius 3 is 2.62 bits per heavy atom. The third-order valence-corrected chi connectivity index (χ3v) is 3.38. The Hall–Kier alpha value is -1.92. The first-order chi connectivity index (χ1) is 9.88. The lowest BCUT2D eigenvalue weighted by atomic mass is 10.0. The first kappa shape index (κ1) is 15.5. The van der Waals surface area contributed by atoms with Gasteiger partial charge in [0, 0.05) is 31.4 Å². The summed E-state index contributed by atoms with van der Waals surface area (Å²) in [5, 5.41) is 8.61. The van der Waals surface area contributed by atoms with E-state index in [9.17, 15) is 9.59 Å². The zero-order valence-corrected chi connectivity index (χ0v) is 12.6. The fourth-order valence-corrected chi connectivity index (χ4v) is 2.04. The summed E-state index contributed by atoms with van der Waals surface area (Å²) < 4.78 is 5.59. The Morgan fingerprint density at radius 1 is 1.33 bits per heavy atom. The number of aryl methyl sites for hydroxylation is 1. The number of hydrogen-bond acceptors (Lipinski definition) is 4. The SMILES string of the molecule is CC(=O)Nc1ccc(C)c(NC(=O)COC2(C)CNC2)c1. The van der Waals surface area contributed by atoms with Gasteiger partial charge < -0.3 is 20.7 Å². The number of benzene rings is 1. The summed E-state index contributed by atoms with van der Waals surface area (Å²) in [7, 11) is 0. The molecule has 0 radical (unpaired) electrons. The van der Waals surface area contributed by atoms with Crippen LogP contribution in [0, 0.1) is 6.92 Å². The number of ether oxygens (including phenoxy) is 1. The average molecular weight is 291 g/mol. The lowest BCUT2D eigenvalue weighted by molar-refractivity contribution is -0.130. The van der Waals surface area contributed by atoms with E-state index in [4.69, 9.17) is 4.74 Å². The molecule has 21 heavy (non-hydrogen) atoms. The molecule has 1 fully saturated rings. The quantitative estimate of drug-likeness (QED) is 0.763. The van der Waals surface area contributed by atoms with Crippen molar-refractivity contribution in [3.63, 3.8) is 0 Å². The predicted molar refractivity (Wildman–Crippen MR) is 81.3 cm³/mol. The lowest BCUT2D eigenvalue weighted by Gasteiger charge is -2.38. The minimum Gasteiger partial charge on any atom is -0.363 e. The van der Waals surface area contributed by atoms with Gasteiger partial charge in [0.2, 0.25) is 11.8 Å². The smallest absolute Gasteiger partial charge is 0.250 e. The van der Waals surface area contributed by atoms with Crippen LogP contribution in [0.1, 0.15) is 19.4 Å². The Labute approximate surface area is 124 Å². The Bertz CT molecular complexity index is 553. The van der Waals surface area contributed by atoms with Crippen molar-refractivity contribution < 1.29 is 14.3 Å². The van der Waals surface area contributed by atoms with Crippen molar-refractivity contribution in [3.05, 3.63) is 23.8 Å². The highest BCUT2D eigenvalue weighted by Gasteiger charge is 2.33.